The summed E-state index contributed by atoms with van der Waals surface area (Å²) < 4.78 is 10.2. The Morgan fingerprint density at radius 2 is 2.05 bits per heavy atom. The summed E-state index contributed by atoms with van der Waals surface area (Å²) in [4.78, 5) is 23.2. The molecule has 0 spiro atoms. The lowest BCUT2D eigenvalue weighted by Gasteiger charge is -2.17. The second-order valence-corrected chi connectivity index (χ2v) is 6.25. The van der Waals surface area contributed by atoms with Gasteiger partial charge in [0.2, 0.25) is 5.91 Å². The molecule has 0 unspecified atom stereocenters. The van der Waals surface area contributed by atoms with Crippen molar-refractivity contribution in [2.24, 2.45) is 5.92 Å². The Morgan fingerprint density at radius 1 is 1.38 bits per heavy atom. The van der Waals surface area contributed by atoms with Gasteiger partial charge in [-0.1, -0.05) is 13.8 Å². The van der Waals surface area contributed by atoms with Crippen LogP contribution in [0.3, 0.4) is 0 Å². The van der Waals surface area contributed by atoms with Crippen molar-refractivity contribution >= 4 is 23.6 Å². The Morgan fingerprint density at radius 3 is 2.62 bits per heavy atom. The number of methoxy groups -OCH3 is 1. The Labute approximate surface area is 129 Å². The summed E-state index contributed by atoms with van der Waals surface area (Å²) in [5.74, 6) is 2.13. The normalized spacial score (nSPS) is 12.3. The van der Waals surface area contributed by atoms with Crippen molar-refractivity contribution in [3.8, 4) is 0 Å². The minimum Gasteiger partial charge on any atom is -0.465 e. The molecule has 1 heterocycles. The van der Waals surface area contributed by atoms with Crippen LogP contribution in [0.1, 0.15) is 42.6 Å². The Hall–Kier alpha value is -1.43. The maximum Gasteiger partial charge on any atom is 0.341 e. The largest absolute Gasteiger partial charge is 0.465 e. The van der Waals surface area contributed by atoms with Crippen LogP contribution in [-0.4, -0.2) is 30.8 Å². The third-order valence-electron chi connectivity index (χ3n) is 3.24. The molecule has 0 radical (unpaired) electrons. The molecule has 0 bridgehead atoms. The Bertz CT molecular complexity index is 496. The Balaban J connectivity index is 2.43. The minimum atomic E-state index is -0.406. The van der Waals surface area contributed by atoms with E-state index in [0.29, 0.717) is 34.5 Å². The van der Waals surface area contributed by atoms with Crippen molar-refractivity contribution in [3.63, 3.8) is 0 Å². The number of carbonyl (C=O) groups excluding carboxylic acids is 2. The van der Waals surface area contributed by atoms with Gasteiger partial charge in [-0.25, -0.2) is 4.79 Å². The predicted octanol–water partition coefficient (Wildman–Crippen LogP) is 2.77. The van der Waals surface area contributed by atoms with Crippen LogP contribution in [0.15, 0.2) is 10.5 Å². The summed E-state index contributed by atoms with van der Waals surface area (Å²) in [7, 11) is 1.34. The highest BCUT2D eigenvalue weighted by Gasteiger charge is 2.16. The molecule has 5 nitrogen and oxygen atoms in total. The molecule has 1 atom stereocenters. The molecule has 1 aromatic heterocycles. The van der Waals surface area contributed by atoms with E-state index in [4.69, 9.17) is 4.42 Å². The summed E-state index contributed by atoms with van der Waals surface area (Å²) in [5.41, 5.74) is 0.436. The first-order valence-corrected chi connectivity index (χ1v) is 8.05. The molecule has 0 aromatic carbocycles. The standard InChI is InChI=1S/C15H23NO4S/c1-9(2)10(3)16-14(17)8-21-7-12-6-13(11(4)20-12)15(18)19-5/h6,9-10H,7-8H2,1-5H3,(H,16,17)/t10-/m1/s1. The van der Waals surface area contributed by atoms with Crippen LogP contribution in [0.4, 0.5) is 0 Å². The van der Waals surface area contributed by atoms with Gasteiger partial charge in [0, 0.05) is 6.04 Å². The number of ether oxygens (including phenoxy) is 1. The highest BCUT2D eigenvalue weighted by molar-refractivity contribution is 7.99. The summed E-state index contributed by atoms with van der Waals surface area (Å²) in [5, 5.41) is 2.95. The fourth-order valence-corrected chi connectivity index (χ4v) is 2.35. The van der Waals surface area contributed by atoms with Crippen molar-refractivity contribution in [1.82, 2.24) is 5.32 Å². The van der Waals surface area contributed by atoms with Crippen LogP contribution in [0.5, 0.6) is 0 Å². The lowest BCUT2D eigenvalue weighted by molar-refractivity contribution is -0.119. The molecule has 0 saturated heterocycles. The lowest BCUT2D eigenvalue weighted by Crippen LogP contribution is -2.37. The van der Waals surface area contributed by atoms with E-state index in [1.165, 1.54) is 18.9 Å². The third-order valence-corrected chi connectivity index (χ3v) is 4.20. The molecule has 0 aliphatic rings. The number of aryl methyl sites for hydroxylation is 1. The number of hydrogen-bond donors (Lipinski definition) is 1. The van der Waals surface area contributed by atoms with Crippen LogP contribution in [-0.2, 0) is 15.3 Å². The minimum absolute atomic E-state index is 0.0117. The van der Waals surface area contributed by atoms with Gasteiger partial charge < -0.3 is 14.5 Å². The van der Waals surface area contributed by atoms with Crippen LogP contribution >= 0.6 is 11.8 Å². The second-order valence-electron chi connectivity index (χ2n) is 5.27. The van der Waals surface area contributed by atoms with Gasteiger partial charge in [0.1, 0.15) is 17.1 Å². The van der Waals surface area contributed by atoms with E-state index in [9.17, 15) is 9.59 Å². The zero-order valence-electron chi connectivity index (χ0n) is 13.2. The van der Waals surface area contributed by atoms with Gasteiger partial charge in [0.15, 0.2) is 0 Å². The van der Waals surface area contributed by atoms with Crippen LogP contribution in [0.25, 0.3) is 0 Å². The van der Waals surface area contributed by atoms with Crippen LogP contribution in [0, 0.1) is 12.8 Å². The van der Waals surface area contributed by atoms with E-state index < -0.39 is 5.97 Å². The van der Waals surface area contributed by atoms with Gasteiger partial charge in [0.05, 0.1) is 18.6 Å². The SMILES string of the molecule is COC(=O)c1cc(CSCC(=O)N[C@H](C)C(C)C)oc1C. The summed E-state index contributed by atoms with van der Waals surface area (Å²) in [6.07, 6.45) is 0. The first-order valence-electron chi connectivity index (χ1n) is 6.89. The van der Waals surface area contributed by atoms with Gasteiger partial charge >= 0.3 is 5.97 Å². The molecule has 0 fully saturated rings. The predicted molar refractivity (Wildman–Crippen MR) is 83.4 cm³/mol. The van der Waals surface area contributed by atoms with E-state index in [0.717, 1.165) is 0 Å². The van der Waals surface area contributed by atoms with Crippen molar-refractivity contribution in [3.05, 3.63) is 23.2 Å². The monoisotopic (exact) mass is 313 g/mol. The number of hydrogen-bond acceptors (Lipinski definition) is 5. The topological polar surface area (TPSA) is 68.5 Å². The number of nitrogens with one attached hydrogen (secondary N) is 1. The number of carbonyl (C=O) groups is 2. The summed E-state index contributed by atoms with van der Waals surface area (Å²) in [6, 6.07) is 1.83. The van der Waals surface area contributed by atoms with Crippen molar-refractivity contribution in [2.75, 3.05) is 12.9 Å². The first kappa shape index (κ1) is 17.6. The maximum atomic E-state index is 11.7. The molecule has 1 rings (SSSR count). The van der Waals surface area contributed by atoms with Crippen molar-refractivity contribution in [1.29, 1.82) is 0 Å². The summed E-state index contributed by atoms with van der Waals surface area (Å²) in [6.45, 7) is 7.85. The van der Waals surface area contributed by atoms with E-state index >= 15 is 0 Å². The molecule has 1 amide bonds. The van der Waals surface area contributed by atoms with Gasteiger partial charge in [-0.2, -0.15) is 0 Å². The molecule has 21 heavy (non-hydrogen) atoms. The molecule has 1 aromatic rings. The van der Waals surface area contributed by atoms with E-state index in [1.807, 2.05) is 6.92 Å². The molecule has 1 N–H and O–H groups in total. The maximum absolute atomic E-state index is 11.7. The van der Waals surface area contributed by atoms with Gasteiger partial charge in [-0.15, -0.1) is 11.8 Å². The van der Waals surface area contributed by atoms with Crippen molar-refractivity contribution in [2.45, 2.75) is 39.5 Å². The van der Waals surface area contributed by atoms with Crippen LogP contribution in [0.2, 0.25) is 0 Å². The van der Waals surface area contributed by atoms with Gasteiger partial charge in [-0.05, 0) is 25.8 Å². The Kier molecular flexibility index (Phi) is 6.81. The molecule has 6 heteroatoms. The van der Waals surface area contributed by atoms with Gasteiger partial charge in [0.25, 0.3) is 0 Å². The smallest absolute Gasteiger partial charge is 0.341 e. The number of esters is 1. The molecular weight excluding hydrogens is 290 g/mol. The number of furan rings is 1. The third kappa shape index (κ3) is 5.46. The molecule has 0 aliphatic heterocycles. The fourth-order valence-electron chi connectivity index (χ4n) is 1.63. The lowest BCUT2D eigenvalue weighted by atomic mass is 10.1. The fraction of sp³-hybridized carbons (Fsp3) is 0.600. The molecular formula is C15H23NO4S. The van der Waals surface area contributed by atoms with E-state index in [1.54, 1.807) is 13.0 Å². The molecule has 0 aliphatic carbocycles. The highest BCUT2D eigenvalue weighted by atomic mass is 32.2. The molecule has 0 saturated carbocycles. The van der Waals surface area contributed by atoms with Crippen molar-refractivity contribution < 1.29 is 18.7 Å². The first-order chi connectivity index (χ1) is 9.85. The van der Waals surface area contributed by atoms with Gasteiger partial charge in [-0.3, -0.25) is 4.79 Å². The second kappa shape index (κ2) is 8.12. The zero-order chi connectivity index (χ0) is 16.0. The average molecular weight is 313 g/mol. The zero-order valence-corrected chi connectivity index (χ0v) is 14.0. The van der Waals surface area contributed by atoms with E-state index in [2.05, 4.69) is 23.9 Å². The average Bonchev–Trinajstić information content (AvgIpc) is 2.78. The van der Waals surface area contributed by atoms with E-state index in [-0.39, 0.29) is 11.9 Å². The number of rotatable bonds is 7. The van der Waals surface area contributed by atoms with Crippen LogP contribution < -0.4 is 5.32 Å². The molecule has 118 valence electrons. The highest BCUT2D eigenvalue weighted by Crippen LogP contribution is 2.20. The number of thioether (sulfide) groups is 1. The summed E-state index contributed by atoms with van der Waals surface area (Å²) >= 11 is 1.45. The number of amides is 1. The quantitative estimate of drug-likeness (QED) is 0.784.